The second kappa shape index (κ2) is 16.2. The summed E-state index contributed by atoms with van der Waals surface area (Å²) in [5.74, 6) is -4.37. The molecule has 0 aromatic rings. The van der Waals surface area contributed by atoms with Gasteiger partial charge in [0.15, 0.2) is 0 Å². The molecule has 70 valence electrons. The summed E-state index contributed by atoms with van der Waals surface area (Å²) in [5.41, 5.74) is 0. The summed E-state index contributed by atoms with van der Waals surface area (Å²) in [6, 6.07) is 0. The minimum Gasteiger partial charge on any atom is -0.543 e. The summed E-state index contributed by atoms with van der Waals surface area (Å²) >= 11 is 0. The van der Waals surface area contributed by atoms with Crippen LogP contribution in [0.1, 0.15) is 0 Å². The van der Waals surface area contributed by atoms with Gasteiger partial charge in [-0.2, -0.15) is 0 Å². The van der Waals surface area contributed by atoms with Crippen molar-refractivity contribution in [2.75, 3.05) is 0 Å². The third kappa shape index (κ3) is 23.9. The fraction of sp³-hybridized carbons (Fsp3) is 0. The third-order valence-electron chi connectivity index (χ3n) is 0.167. The number of carbonyl (C=O) groups is 2. The van der Waals surface area contributed by atoms with Gasteiger partial charge in [0.25, 0.3) is 0 Å². The maximum atomic E-state index is 8.93. The van der Waals surface area contributed by atoms with Crippen LogP contribution in [0.25, 0.3) is 0 Å². The molecule has 0 fully saturated rings. The Morgan fingerprint density at radius 3 is 0.900 bits per heavy atom. The Labute approximate surface area is 88.6 Å². The minimum absolute atomic E-state index is 0. The fourth-order valence-electron chi connectivity index (χ4n) is 0. The van der Waals surface area contributed by atoms with Gasteiger partial charge in [-0.25, -0.2) is 0 Å². The monoisotopic (exact) mass is 336 g/mol. The van der Waals surface area contributed by atoms with Gasteiger partial charge < -0.3 is 32.1 Å². The molecule has 0 heterocycles. The molecule has 0 aromatic heterocycles. The molecule has 0 aromatic carbocycles. The quantitative estimate of drug-likeness (QED) is 0.351. The molecule has 8 heteroatoms. The summed E-state index contributed by atoms with van der Waals surface area (Å²) in [4.78, 5) is 17.9. The first-order chi connectivity index (χ1) is 2.64. The van der Waals surface area contributed by atoms with Crippen molar-refractivity contribution in [1.82, 2.24) is 12.3 Å². The van der Waals surface area contributed by atoms with Crippen molar-refractivity contribution in [3.63, 3.8) is 0 Å². The van der Waals surface area contributed by atoms with Crippen LogP contribution in [0.5, 0.6) is 0 Å². The predicted molar refractivity (Wildman–Crippen MR) is 20.1 cm³/mol. The molecule has 6 N–H and O–H groups in total. The van der Waals surface area contributed by atoms with Crippen LogP contribution in [0.3, 0.4) is 0 Å². The van der Waals surface area contributed by atoms with Gasteiger partial charge in [-0.15, -0.1) is 0 Å². The molecule has 0 bridgehead atoms. The molecular formula is C2H6Ag2N2O4. The number of hydrogen-bond acceptors (Lipinski definition) is 6. The number of carbonyl (C=O) groups excluding carboxylic acids is 2. The second-order valence-corrected chi connectivity index (χ2v) is 0.575. The van der Waals surface area contributed by atoms with Crippen LogP contribution in [-0.2, 0) is 54.3 Å². The Morgan fingerprint density at radius 2 is 0.900 bits per heavy atom. The molecule has 0 aliphatic rings. The van der Waals surface area contributed by atoms with Gasteiger partial charge in [0.05, 0.1) is 11.9 Å². The number of aliphatic carboxylic acids is 2. The summed E-state index contributed by atoms with van der Waals surface area (Å²) in [7, 11) is 0. The molecule has 6 nitrogen and oxygen atoms in total. The Bertz CT molecular complexity index is 85.3. The van der Waals surface area contributed by atoms with Crippen molar-refractivity contribution < 1.29 is 64.6 Å². The SMILES string of the molecule is N.N.O=C([O-])C(=O)[O-].[Ag+].[Ag+]. The van der Waals surface area contributed by atoms with Gasteiger partial charge in [-0.1, -0.05) is 0 Å². The zero-order valence-electron chi connectivity index (χ0n) is 4.65. The van der Waals surface area contributed by atoms with E-state index < -0.39 is 11.9 Å². The van der Waals surface area contributed by atoms with E-state index in [-0.39, 0.29) is 57.1 Å². The molecule has 0 radical (unpaired) electrons. The van der Waals surface area contributed by atoms with Crippen molar-refractivity contribution in [1.29, 1.82) is 0 Å². The van der Waals surface area contributed by atoms with E-state index in [4.69, 9.17) is 19.8 Å². The van der Waals surface area contributed by atoms with Crippen LogP contribution < -0.4 is 22.5 Å². The predicted octanol–water partition coefficient (Wildman–Crippen LogP) is -3.19. The Morgan fingerprint density at radius 1 is 0.800 bits per heavy atom. The average molecular weight is 338 g/mol. The van der Waals surface area contributed by atoms with Crippen molar-refractivity contribution in [3.05, 3.63) is 0 Å². The van der Waals surface area contributed by atoms with Crippen molar-refractivity contribution in [3.8, 4) is 0 Å². The van der Waals surface area contributed by atoms with Crippen molar-refractivity contribution in [2.45, 2.75) is 0 Å². The van der Waals surface area contributed by atoms with Gasteiger partial charge >= 0.3 is 44.8 Å². The smallest absolute Gasteiger partial charge is 0.543 e. The van der Waals surface area contributed by atoms with Crippen LogP contribution in [0, 0.1) is 0 Å². The molecule has 0 rings (SSSR count). The zero-order chi connectivity index (χ0) is 5.15. The first kappa shape index (κ1) is 31.6. The van der Waals surface area contributed by atoms with Crippen molar-refractivity contribution >= 4 is 11.9 Å². The normalized spacial score (nSPS) is 4.40. The molecule has 0 unspecified atom stereocenters. The molecule has 0 saturated carbocycles. The van der Waals surface area contributed by atoms with E-state index in [0.717, 1.165) is 0 Å². The Balaban J connectivity index is -0.0000000208. The van der Waals surface area contributed by atoms with Gasteiger partial charge in [-0.3, -0.25) is 0 Å². The standard InChI is InChI=1S/C2H2O4.2Ag.2H3N/c3-1(4)2(5)6;;;;/h(H,3,4)(H,5,6);;;2*1H3/q;2*+1;;/p-2. The fourth-order valence-corrected chi connectivity index (χ4v) is 0. The Kier molecular flexibility index (Phi) is 51.1. The van der Waals surface area contributed by atoms with E-state index in [2.05, 4.69) is 0 Å². The topological polar surface area (TPSA) is 150 Å². The van der Waals surface area contributed by atoms with Gasteiger partial charge in [0.2, 0.25) is 0 Å². The van der Waals surface area contributed by atoms with Gasteiger partial charge in [0.1, 0.15) is 0 Å². The summed E-state index contributed by atoms with van der Waals surface area (Å²) in [6.07, 6.45) is 0. The maximum absolute atomic E-state index is 8.93. The van der Waals surface area contributed by atoms with E-state index in [0.29, 0.717) is 0 Å². The molecule has 0 saturated heterocycles. The van der Waals surface area contributed by atoms with Crippen LogP contribution in [0.15, 0.2) is 0 Å². The zero-order valence-corrected chi connectivity index (χ0v) is 7.61. The van der Waals surface area contributed by atoms with Gasteiger partial charge in [-0.05, 0) is 0 Å². The second-order valence-electron chi connectivity index (χ2n) is 0.575. The third-order valence-corrected chi connectivity index (χ3v) is 0.167. The number of hydrogen-bond donors (Lipinski definition) is 2. The minimum atomic E-state index is -2.19. The first-order valence-electron chi connectivity index (χ1n) is 1.07. The molecule has 0 spiro atoms. The number of rotatable bonds is 0. The number of carboxylic acids is 2. The molecule has 0 aliphatic carbocycles. The Hall–Kier alpha value is 0.341. The molecule has 0 aliphatic heterocycles. The first-order valence-corrected chi connectivity index (χ1v) is 1.07. The molecular weight excluding hydrogens is 332 g/mol. The van der Waals surface area contributed by atoms with Crippen molar-refractivity contribution in [2.24, 2.45) is 0 Å². The summed E-state index contributed by atoms with van der Waals surface area (Å²) in [6.45, 7) is 0. The van der Waals surface area contributed by atoms with E-state index in [1.807, 2.05) is 0 Å². The maximum Gasteiger partial charge on any atom is 1.00 e. The van der Waals surface area contributed by atoms with E-state index in [1.165, 1.54) is 0 Å². The average Bonchev–Trinajstić information content (AvgIpc) is 1.36. The molecule has 0 atom stereocenters. The van der Waals surface area contributed by atoms with Gasteiger partial charge in [0, 0.05) is 0 Å². The molecule has 10 heavy (non-hydrogen) atoms. The van der Waals surface area contributed by atoms with E-state index in [1.54, 1.807) is 0 Å². The van der Waals surface area contributed by atoms with Crippen LogP contribution in [0.4, 0.5) is 0 Å². The molecule has 0 amide bonds. The summed E-state index contributed by atoms with van der Waals surface area (Å²) < 4.78 is 0. The largest absolute Gasteiger partial charge is 1.00 e. The van der Waals surface area contributed by atoms with Crippen LogP contribution in [0.2, 0.25) is 0 Å². The number of carboxylic acid groups (broad SMARTS) is 2. The van der Waals surface area contributed by atoms with Crippen LogP contribution in [-0.4, -0.2) is 11.9 Å². The summed E-state index contributed by atoms with van der Waals surface area (Å²) in [5, 5.41) is 17.9. The van der Waals surface area contributed by atoms with Crippen LogP contribution >= 0.6 is 0 Å². The van der Waals surface area contributed by atoms with E-state index in [9.17, 15) is 0 Å². The van der Waals surface area contributed by atoms with E-state index >= 15 is 0 Å².